The van der Waals surface area contributed by atoms with Crippen LogP contribution >= 0.6 is 0 Å². The molecule has 8 aliphatic rings. The maximum absolute atomic E-state index is 14.6. The van der Waals surface area contributed by atoms with Gasteiger partial charge in [-0.15, -0.1) is 0 Å². The summed E-state index contributed by atoms with van der Waals surface area (Å²) in [7, 11) is 3.76. The molecule has 0 atom stereocenters. The Morgan fingerprint density at radius 2 is 0.600 bits per heavy atom. The van der Waals surface area contributed by atoms with Gasteiger partial charge in [0.15, 0.2) is 23.1 Å². The molecule has 8 aliphatic carbocycles. The highest BCUT2D eigenvalue weighted by molar-refractivity contribution is 5.34. The first-order valence-corrected chi connectivity index (χ1v) is 39.2. The van der Waals surface area contributed by atoms with E-state index in [9.17, 15) is 17.6 Å². The van der Waals surface area contributed by atoms with Crippen LogP contribution in [0, 0.1) is 94.3 Å². The van der Waals surface area contributed by atoms with Gasteiger partial charge in [-0.1, -0.05) is 169 Å². The number of hydrogen-bond acceptors (Lipinski definition) is 4. The zero-order valence-corrected chi connectivity index (χ0v) is 59.2. The fourth-order valence-electron chi connectivity index (χ4n) is 19.5. The lowest BCUT2D eigenvalue weighted by atomic mass is 9.68. The van der Waals surface area contributed by atoms with Crippen molar-refractivity contribution in [2.24, 2.45) is 71.0 Å². The van der Waals surface area contributed by atoms with E-state index >= 15 is 0 Å². The Kier molecular flexibility index (Phi) is 34.7. The van der Waals surface area contributed by atoms with Gasteiger partial charge < -0.3 is 18.9 Å². The molecule has 0 N–H and O–H groups in total. The average Bonchev–Trinajstić information content (AvgIpc) is 0.981. The second kappa shape index (κ2) is 41.6. The van der Waals surface area contributed by atoms with Crippen LogP contribution in [0.3, 0.4) is 0 Å². The zero-order valence-electron chi connectivity index (χ0n) is 59.2. The van der Waals surface area contributed by atoms with Gasteiger partial charge in [-0.05, 0) is 274 Å². The molecule has 0 saturated heterocycles. The molecule has 0 amide bonds. The lowest BCUT2D eigenvalue weighted by Gasteiger charge is -2.38. The summed E-state index contributed by atoms with van der Waals surface area (Å²) in [5.41, 5.74) is 1.11. The molecule has 0 aliphatic heterocycles. The van der Waals surface area contributed by atoms with Crippen molar-refractivity contribution in [2.45, 2.75) is 348 Å². The molecule has 90 heavy (non-hydrogen) atoms. The number of unbranched alkanes of at least 4 members (excludes halogenated alkanes) is 3. The van der Waals surface area contributed by atoms with Gasteiger partial charge in [-0.2, -0.15) is 8.78 Å². The molecule has 2 aromatic carbocycles. The first-order valence-electron chi connectivity index (χ1n) is 39.2. The number of halogens is 4. The molecule has 0 bridgehead atoms. The monoisotopic (exact) mass is 1260 g/mol. The zero-order chi connectivity index (χ0) is 64.0. The number of ether oxygens (including phenoxy) is 4. The molecule has 0 radical (unpaired) electrons. The third-order valence-electron chi connectivity index (χ3n) is 25.3. The lowest BCUT2D eigenvalue weighted by Crippen LogP contribution is -2.28. The third-order valence-corrected chi connectivity index (χ3v) is 25.3. The summed E-state index contributed by atoms with van der Waals surface area (Å²) in [6, 6.07) is 6.71. The standard InChI is InChI=1S/2C24H36F2O.C18H34O.C16H30O/c1-3-5-17-6-8-18(9-7-17)19-10-12-20(13-11-19)21-14-15-22(27-16-4-2)24(26)23(21)25;1-3-5-6-17-7-9-18(10-8-17)19-11-13-20(14-12-19)21-15-16-22(27-4-2)24(26)23(21)25;1-3-4-5-6-15-7-9-16(10-8-15)17-11-13-18(19-2)14-12-17;1-3-4-13-5-7-14(8-6-13)15-9-11-16(17-2)12-10-15/h14-15,17-20H,3-13,16H2,1-2H3;15-20H,3-14H2,1-2H3;15-18H,3-14H2,1-2H3;13-16H,3-12H2,1-2H3. The number of methoxy groups -OCH3 is 2. The predicted molar refractivity (Wildman–Crippen MR) is 370 cm³/mol. The van der Waals surface area contributed by atoms with Gasteiger partial charge in [0.2, 0.25) is 11.6 Å². The van der Waals surface area contributed by atoms with Crippen molar-refractivity contribution < 1.29 is 36.5 Å². The Labute approximate surface area is 550 Å². The second-order valence-corrected chi connectivity index (χ2v) is 31.0. The minimum atomic E-state index is -0.818. The Morgan fingerprint density at radius 1 is 0.300 bits per heavy atom. The molecule has 8 fully saturated rings. The highest BCUT2D eigenvalue weighted by Gasteiger charge is 2.36. The summed E-state index contributed by atoms with van der Waals surface area (Å²) >= 11 is 0. The fraction of sp³-hybridized carbons (Fsp3) is 0.854. The van der Waals surface area contributed by atoms with Crippen LogP contribution in [0.4, 0.5) is 17.6 Å². The van der Waals surface area contributed by atoms with Crippen molar-refractivity contribution in [3.05, 3.63) is 58.7 Å². The van der Waals surface area contributed by atoms with Gasteiger partial charge in [0.25, 0.3) is 0 Å². The molecular weight excluding hydrogens is 1120 g/mol. The molecule has 516 valence electrons. The first kappa shape index (κ1) is 75.1. The van der Waals surface area contributed by atoms with E-state index in [4.69, 9.17) is 18.9 Å². The molecule has 0 spiro atoms. The Balaban J connectivity index is 0.000000174. The van der Waals surface area contributed by atoms with E-state index in [2.05, 4.69) is 27.7 Å². The topological polar surface area (TPSA) is 36.9 Å². The summed E-state index contributed by atoms with van der Waals surface area (Å²) in [6.45, 7) is 13.7. The minimum Gasteiger partial charge on any atom is -0.491 e. The molecule has 8 saturated carbocycles. The first-order chi connectivity index (χ1) is 43.9. The van der Waals surface area contributed by atoms with Crippen molar-refractivity contribution in [3.63, 3.8) is 0 Å². The van der Waals surface area contributed by atoms with E-state index < -0.39 is 23.3 Å². The maximum Gasteiger partial charge on any atom is 0.200 e. The number of benzene rings is 2. The summed E-state index contributed by atoms with van der Waals surface area (Å²) < 4.78 is 79.1. The van der Waals surface area contributed by atoms with Gasteiger partial charge in [0.05, 0.1) is 25.4 Å². The SMILES string of the molecule is CCCC1CCC(C2CCC(OC)CC2)CC1.CCCCC1CCC(C2CCC(c3ccc(OCC)c(F)c3F)CC2)CC1.CCCCCC1CCC(C2CCC(OC)CC2)CC1.CCCOc1ccc(C2CCC(C3CCC(CCC)CC3)CC2)c(F)c1F. The highest BCUT2D eigenvalue weighted by atomic mass is 19.2. The largest absolute Gasteiger partial charge is 0.491 e. The molecule has 2 aromatic rings. The second-order valence-electron chi connectivity index (χ2n) is 31.0. The smallest absolute Gasteiger partial charge is 0.200 e. The van der Waals surface area contributed by atoms with Crippen LogP contribution in [0.15, 0.2) is 24.3 Å². The van der Waals surface area contributed by atoms with Gasteiger partial charge in [-0.3, -0.25) is 0 Å². The normalized spacial score (nSPS) is 32.4. The quantitative estimate of drug-likeness (QED) is 0.0775. The minimum absolute atomic E-state index is 0.0345. The maximum atomic E-state index is 14.6. The van der Waals surface area contributed by atoms with E-state index in [1.807, 2.05) is 21.1 Å². The van der Waals surface area contributed by atoms with Crippen molar-refractivity contribution in [3.8, 4) is 11.5 Å². The van der Waals surface area contributed by atoms with Gasteiger partial charge in [0, 0.05) is 14.2 Å². The predicted octanol–water partition coefficient (Wildman–Crippen LogP) is 25.6. The van der Waals surface area contributed by atoms with E-state index in [0.717, 1.165) is 103 Å². The lowest BCUT2D eigenvalue weighted by molar-refractivity contribution is 0.0391. The van der Waals surface area contributed by atoms with Gasteiger partial charge >= 0.3 is 0 Å². The van der Waals surface area contributed by atoms with Crippen LogP contribution in [-0.4, -0.2) is 39.6 Å². The van der Waals surface area contributed by atoms with Crippen molar-refractivity contribution in [1.82, 2.24) is 0 Å². The van der Waals surface area contributed by atoms with Crippen LogP contribution in [0.2, 0.25) is 0 Å². The van der Waals surface area contributed by atoms with Gasteiger partial charge in [-0.25, -0.2) is 8.78 Å². The van der Waals surface area contributed by atoms with Crippen LogP contribution in [0.25, 0.3) is 0 Å². The van der Waals surface area contributed by atoms with E-state index in [-0.39, 0.29) is 23.3 Å². The Hall–Kier alpha value is -2.32. The molecule has 0 aromatic heterocycles. The molecule has 4 nitrogen and oxygen atoms in total. The van der Waals surface area contributed by atoms with Crippen LogP contribution in [-0.2, 0) is 9.47 Å². The van der Waals surface area contributed by atoms with E-state index in [0.29, 0.717) is 36.5 Å². The molecule has 0 heterocycles. The third kappa shape index (κ3) is 23.5. The van der Waals surface area contributed by atoms with Crippen molar-refractivity contribution >= 4 is 0 Å². The van der Waals surface area contributed by atoms with E-state index in [1.165, 1.54) is 250 Å². The molecule has 10 rings (SSSR count). The summed E-state index contributed by atoms with van der Waals surface area (Å²) in [5, 5.41) is 0. The molecule has 8 heteroatoms. The number of rotatable bonds is 24. The summed E-state index contributed by atoms with van der Waals surface area (Å²) in [6.07, 6.45) is 60.4. The molecule has 0 unspecified atom stereocenters. The van der Waals surface area contributed by atoms with Gasteiger partial charge in [0.1, 0.15) is 0 Å². The van der Waals surface area contributed by atoms with E-state index in [1.54, 1.807) is 31.2 Å². The molecular formula is C82H136F4O4. The van der Waals surface area contributed by atoms with Crippen LogP contribution < -0.4 is 9.47 Å². The summed E-state index contributed by atoms with van der Waals surface area (Å²) in [4.78, 5) is 0. The Morgan fingerprint density at radius 3 is 0.900 bits per heavy atom. The van der Waals surface area contributed by atoms with Crippen LogP contribution in [0.1, 0.15) is 347 Å². The van der Waals surface area contributed by atoms with Crippen molar-refractivity contribution in [2.75, 3.05) is 27.4 Å². The summed E-state index contributed by atoms with van der Waals surface area (Å²) in [5.74, 6) is 8.93. The number of hydrogen-bond donors (Lipinski definition) is 0. The van der Waals surface area contributed by atoms with Crippen LogP contribution in [0.5, 0.6) is 11.5 Å². The van der Waals surface area contributed by atoms with Crippen molar-refractivity contribution in [1.29, 1.82) is 0 Å². The Bertz CT molecular complexity index is 2170. The average molecular weight is 1260 g/mol. The fourth-order valence-corrected chi connectivity index (χ4v) is 19.5. The highest BCUT2D eigenvalue weighted by Crippen LogP contribution is 2.49.